The first kappa shape index (κ1) is 16.4. The maximum atomic E-state index is 11.4. The zero-order valence-corrected chi connectivity index (χ0v) is 12.8. The Kier molecular flexibility index (Phi) is 6.23. The first-order valence-electron chi connectivity index (χ1n) is 7.26. The van der Waals surface area contributed by atoms with Gasteiger partial charge in [-0.15, -0.1) is 0 Å². The van der Waals surface area contributed by atoms with Gasteiger partial charge in [0, 0.05) is 12.6 Å². The highest BCUT2D eigenvalue weighted by molar-refractivity contribution is 5.78. The van der Waals surface area contributed by atoms with Gasteiger partial charge in [-0.1, -0.05) is 6.92 Å². The number of rotatable bonds is 8. The predicted octanol–water partition coefficient (Wildman–Crippen LogP) is 0.855. The van der Waals surface area contributed by atoms with E-state index < -0.39 is 11.5 Å². The normalized spacial score (nSPS) is 23.7. The van der Waals surface area contributed by atoms with Gasteiger partial charge in [-0.2, -0.15) is 0 Å². The first-order valence-corrected chi connectivity index (χ1v) is 7.26. The van der Waals surface area contributed by atoms with Crippen LogP contribution in [0.1, 0.15) is 32.6 Å². The summed E-state index contributed by atoms with van der Waals surface area (Å²) in [6, 6.07) is 0.653. The fraction of sp³-hybridized carbons (Fsp3) is 0.929. The molecule has 2 unspecified atom stereocenters. The van der Waals surface area contributed by atoms with Crippen molar-refractivity contribution in [2.75, 3.05) is 40.8 Å². The van der Waals surface area contributed by atoms with Gasteiger partial charge in [0.1, 0.15) is 5.54 Å². The largest absolute Gasteiger partial charge is 0.480 e. The van der Waals surface area contributed by atoms with Crippen LogP contribution in [0, 0.1) is 0 Å². The summed E-state index contributed by atoms with van der Waals surface area (Å²) in [5.74, 6) is -0.731. The molecule has 1 aliphatic heterocycles. The van der Waals surface area contributed by atoms with E-state index >= 15 is 0 Å². The molecular formula is C14H29N3O2. The number of nitrogens with one attached hydrogen (secondary N) is 1. The zero-order valence-electron chi connectivity index (χ0n) is 12.8. The van der Waals surface area contributed by atoms with E-state index in [1.807, 2.05) is 6.92 Å². The third-order valence-electron chi connectivity index (χ3n) is 4.55. The number of hydrogen-bond acceptors (Lipinski definition) is 4. The first-order chi connectivity index (χ1) is 8.95. The maximum absolute atomic E-state index is 11.4. The summed E-state index contributed by atoms with van der Waals surface area (Å²) in [7, 11) is 6.00. The minimum Gasteiger partial charge on any atom is -0.480 e. The number of carbonyl (C=O) groups is 1. The Balaban J connectivity index is 2.36. The summed E-state index contributed by atoms with van der Waals surface area (Å²) in [6.07, 6.45) is 3.47. The fourth-order valence-electron chi connectivity index (χ4n) is 2.88. The fourth-order valence-corrected chi connectivity index (χ4v) is 2.88. The van der Waals surface area contributed by atoms with Crippen LogP contribution >= 0.6 is 0 Å². The molecule has 0 radical (unpaired) electrons. The Labute approximate surface area is 117 Å². The number of carboxylic acid groups (broad SMARTS) is 1. The van der Waals surface area contributed by atoms with Crippen molar-refractivity contribution >= 4 is 5.97 Å². The Bertz CT molecular complexity index is 290. The smallest absolute Gasteiger partial charge is 0.323 e. The van der Waals surface area contributed by atoms with E-state index in [-0.39, 0.29) is 0 Å². The molecule has 2 N–H and O–H groups in total. The maximum Gasteiger partial charge on any atom is 0.323 e. The van der Waals surface area contributed by atoms with E-state index in [0.717, 1.165) is 26.1 Å². The van der Waals surface area contributed by atoms with Crippen molar-refractivity contribution in [3.8, 4) is 0 Å². The van der Waals surface area contributed by atoms with Crippen LogP contribution in [0.15, 0.2) is 0 Å². The van der Waals surface area contributed by atoms with Crippen LogP contribution in [0.5, 0.6) is 0 Å². The molecule has 1 rings (SSSR count). The van der Waals surface area contributed by atoms with Crippen LogP contribution in [-0.4, -0.2) is 73.2 Å². The topological polar surface area (TPSA) is 55.8 Å². The molecule has 0 amide bonds. The third kappa shape index (κ3) is 4.16. The van der Waals surface area contributed by atoms with Gasteiger partial charge >= 0.3 is 5.97 Å². The lowest BCUT2D eigenvalue weighted by molar-refractivity contribution is -0.145. The number of nitrogens with zero attached hydrogens (tertiary/aromatic N) is 2. The van der Waals surface area contributed by atoms with E-state index in [4.69, 9.17) is 0 Å². The summed E-state index contributed by atoms with van der Waals surface area (Å²) >= 11 is 0. The second-order valence-corrected chi connectivity index (χ2v) is 5.80. The Morgan fingerprint density at radius 1 is 1.53 bits per heavy atom. The molecule has 0 aromatic carbocycles. The average molecular weight is 271 g/mol. The van der Waals surface area contributed by atoms with Gasteiger partial charge in [0.2, 0.25) is 0 Å². The Morgan fingerprint density at radius 3 is 2.63 bits per heavy atom. The number of aliphatic carboxylic acids is 1. The highest BCUT2D eigenvalue weighted by atomic mass is 16.4. The minimum absolute atomic E-state index is 0.624. The van der Waals surface area contributed by atoms with Crippen molar-refractivity contribution in [2.45, 2.75) is 44.2 Å². The van der Waals surface area contributed by atoms with Gasteiger partial charge in [0.05, 0.1) is 0 Å². The van der Waals surface area contributed by atoms with E-state index in [9.17, 15) is 9.90 Å². The summed E-state index contributed by atoms with van der Waals surface area (Å²) in [6.45, 7) is 5.18. The Hall–Kier alpha value is -0.650. The van der Waals surface area contributed by atoms with E-state index in [0.29, 0.717) is 18.9 Å². The lowest BCUT2D eigenvalue weighted by Gasteiger charge is -2.28. The standard InChI is InChI=1S/C14H29N3O2/c1-5-14(15-2,13(18)19)8-6-9-17-10-7-12(11-17)16(3)4/h12,15H,5-11H2,1-4H3,(H,18,19). The minimum atomic E-state index is -0.749. The predicted molar refractivity (Wildman–Crippen MR) is 77.5 cm³/mol. The van der Waals surface area contributed by atoms with Crippen molar-refractivity contribution in [3.05, 3.63) is 0 Å². The van der Waals surface area contributed by atoms with Crippen LogP contribution < -0.4 is 5.32 Å². The van der Waals surface area contributed by atoms with Gasteiger partial charge < -0.3 is 20.2 Å². The van der Waals surface area contributed by atoms with E-state index in [1.54, 1.807) is 7.05 Å². The van der Waals surface area contributed by atoms with E-state index in [1.165, 1.54) is 6.42 Å². The SMILES string of the molecule is CCC(CCCN1CCC(N(C)C)C1)(NC)C(=O)O. The quantitative estimate of drug-likeness (QED) is 0.685. The number of hydrogen-bond donors (Lipinski definition) is 2. The molecule has 0 aliphatic carbocycles. The number of carboxylic acids is 1. The summed E-state index contributed by atoms with van der Waals surface area (Å²) in [4.78, 5) is 16.1. The molecule has 0 bridgehead atoms. The molecular weight excluding hydrogens is 242 g/mol. The van der Waals surface area contributed by atoms with Crippen molar-refractivity contribution < 1.29 is 9.90 Å². The van der Waals surface area contributed by atoms with Crippen molar-refractivity contribution in [2.24, 2.45) is 0 Å². The molecule has 1 fully saturated rings. The molecule has 2 atom stereocenters. The van der Waals surface area contributed by atoms with Crippen LogP contribution in [0.2, 0.25) is 0 Å². The summed E-state index contributed by atoms with van der Waals surface area (Å²) in [5, 5.41) is 12.3. The third-order valence-corrected chi connectivity index (χ3v) is 4.55. The molecule has 112 valence electrons. The second kappa shape index (κ2) is 7.22. The van der Waals surface area contributed by atoms with Gasteiger partial charge in [-0.25, -0.2) is 0 Å². The molecule has 5 nitrogen and oxygen atoms in total. The van der Waals surface area contributed by atoms with Crippen LogP contribution in [0.4, 0.5) is 0 Å². The second-order valence-electron chi connectivity index (χ2n) is 5.80. The number of likely N-dealkylation sites (N-methyl/N-ethyl adjacent to an activating group) is 2. The van der Waals surface area contributed by atoms with Gasteiger partial charge in [0.25, 0.3) is 0 Å². The molecule has 5 heteroatoms. The molecule has 1 heterocycles. The molecule has 0 spiro atoms. The van der Waals surface area contributed by atoms with Gasteiger partial charge in [-0.05, 0) is 59.9 Å². The van der Waals surface area contributed by atoms with Crippen molar-refractivity contribution in [1.29, 1.82) is 0 Å². The van der Waals surface area contributed by atoms with Crippen LogP contribution in [0.25, 0.3) is 0 Å². The van der Waals surface area contributed by atoms with Crippen molar-refractivity contribution in [1.82, 2.24) is 15.1 Å². The molecule has 1 aliphatic rings. The molecule has 0 aromatic rings. The lowest BCUT2D eigenvalue weighted by Crippen LogP contribution is -2.50. The van der Waals surface area contributed by atoms with Crippen LogP contribution in [-0.2, 0) is 4.79 Å². The monoisotopic (exact) mass is 271 g/mol. The molecule has 0 aromatic heterocycles. The average Bonchev–Trinajstić information content (AvgIpc) is 2.83. The van der Waals surface area contributed by atoms with Gasteiger partial charge in [0.15, 0.2) is 0 Å². The molecule has 1 saturated heterocycles. The molecule has 19 heavy (non-hydrogen) atoms. The lowest BCUT2D eigenvalue weighted by atomic mass is 9.90. The highest BCUT2D eigenvalue weighted by Gasteiger charge is 2.34. The highest BCUT2D eigenvalue weighted by Crippen LogP contribution is 2.19. The van der Waals surface area contributed by atoms with E-state index in [2.05, 4.69) is 29.2 Å². The molecule has 0 saturated carbocycles. The van der Waals surface area contributed by atoms with Crippen LogP contribution in [0.3, 0.4) is 0 Å². The van der Waals surface area contributed by atoms with Crippen molar-refractivity contribution in [3.63, 3.8) is 0 Å². The zero-order chi connectivity index (χ0) is 14.5. The summed E-state index contributed by atoms with van der Waals surface area (Å²) in [5.41, 5.74) is -0.749. The Morgan fingerprint density at radius 2 is 2.21 bits per heavy atom. The van der Waals surface area contributed by atoms with Gasteiger partial charge in [-0.3, -0.25) is 4.79 Å². The summed E-state index contributed by atoms with van der Waals surface area (Å²) < 4.78 is 0. The number of likely N-dealkylation sites (tertiary alicyclic amines) is 1.